The minimum atomic E-state index is -0.566. The zero-order valence-electron chi connectivity index (χ0n) is 14.3. The number of nitrogens with zero attached hydrogens (tertiary/aromatic N) is 1. The van der Waals surface area contributed by atoms with Crippen molar-refractivity contribution in [2.75, 3.05) is 0 Å². The summed E-state index contributed by atoms with van der Waals surface area (Å²) in [7, 11) is -0.566. The van der Waals surface area contributed by atoms with Gasteiger partial charge in [-0.25, -0.2) is 4.39 Å². The van der Waals surface area contributed by atoms with E-state index in [2.05, 4.69) is 6.07 Å². The number of benzene rings is 2. The molecule has 1 aliphatic rings. The van der Waals surface area contributed by atoms with Gasteiger partial charge in [0.05, 0.1) is 22.8 Å². The first-order chi connectivity index (χ1) is 11.2. The Kier molecular flexibility index (Phi) is 3.99. The van der Waals surface area contributed by atoms with Gasteiger partial charge in [-0.05, 0) is 45.3 Å². The largest absolute Gasteiger partial charge is 0.494 e. The molecule has 0 amide bonds. The highest BCUT2D eigenvalue weighted by atomic mass is 19.1. The summed E-state index contributed by atoms with van der Waals surface area (Å²) in [6.07, 6.45) is 0. The van der Waals surface area contributed by atoms with Crippen molar-refractivity contribution in [3.8, 4) is 17.2 Å². The second-order valence-electron chi connectivity index (χ2n) is 6.98. The summed E-state index contributed by atoms with van der Waals surface area (Å²) in [6, 6.07) is 13.8. The monoisotopic (exact) mass is 323 g/mol. The van der Waals surface area contributed by atoms with Gasteiger partial charge >= 0.3 is 7.12 Å². The van der Waals surface area contributed by atoms with E-state index in [4.69, 9.17) is 9.31 Å². The minimum Gasteiger partial charge on any atom is -0.399 e. The van der Waals surface area contributed by atoms with Crippen LogP contribution in [-0.2, 0) is 9.31 Å². The molecule has 0 atom stereocenters. The van der Waals surface area contributed by atoms with Crippen LogP contribution in [0.15, 0.2) is 42.5 Å². The SMILES string of the molecule is CC1(C)OB(c2ccc(F)c(-c3ccccc3C#N)c2)OC1(C)C. The Morgan fingerprint density at radius 3 is 2.21 bits per heavy atom. The van der Waals surface area contributed by atoms with E-state index in [0.29, 0.717) is 16.7 Å². The van der Waals surface area contributed by atoms with Gasteiger partial charge in [-0.3, -0.25) is 0 Å². The Labute approximate surface area is 142 Å². The van der Waals surface area contributed by atoms with Crippen molar-refractivity contribution < 1.29 is 13.7 Å². The first kappa shape index (κ1) is 16.7. The molecule has 0 bridgehead atoms. The third-order valence-electron chi connectivity index (χ3n) is 4.85. The van der Waals surface area contributed by atoms with Crippen molar-refractivity contribution >= 4 is 12.6 Å². The predicted octanol–water partition coefficient (Wildman–Crippen LogP) is 3.66. The fraction of sp³-hybridized carbons (Fsp3) is 0.316. The fourth-order valence-corrected chi connectivity index (χ4v) is 2.69. The van der Waals surface area contributed by atoms with Crippen LogP contribution >= 0.6 is 0 Å². The van der Waals surface area contributed by atoms with Crippen molar-refractivity contribution in [3.05, 3.63) is 53.8 Å². The molecule has 1 heterocycles. The maximum absolute atomic E-state index is 14.4. The lowest BCUT2D eigenvalue weighted by Crippen LogP contribution is -2.41. The summed E-state index contributed by atoms with van der Waals surface area (Å²) >= 11 is 0. The van der Waals surface area contributed by atoms with Crippen molar-refractivity contribution in [2.45, 2.75) is 38.9 Å². The van der Waals surface area contributed by atoms with Crippen LogP contribution in [0, 0.1) is 17.1 Å². The summed E-state index contributed by atoms with van der Waals surface area (Å²) in [5, 5.41) is 9.27. The summed E-state index contributed by atoms with van der Waals surface area (Å²) in [5.74, 6) is -0.377. The van der Waals surface area contributed by atoms with Crippen LogP contribution in [0.1, 0.15) is 33.3 Å². The molecule has 1 saturated heterocycles. The molecule has 1 fully saturated rings. The van der Waals surface area contributed by atoms with Gasteiger partial charge in [-0.2, -0.15) is 5.26 Å². The molecule has 0 radical (unpaired) electrons. The molecule has 2 aromatic carbocycles. The van der Waals surface area contributed by atoms with Gasteiger partial charge < -0.3 is 9.31 Å². The topological polar surface area (TPSA) is 42.2 Å². The van der Waals surface area contributed by atoms with Gasteiger partial charge in [0.1, 0.15) is 5.82 Å². The summed E-state index contributed by atoms with van der Waals surface area (Å²) < 4.78 is 26.4. The molecule has 0 spiro atoms. The molecular formula is C19H19BFNO2. The first-order valence-corrected chi connectivity index (χ1v) is 7.90. The van der Waals surface area contributed by atoms with Crippen LogP contribution in [0.25, 0.3) is 11.1 Å². The Balaban J connectivity index is 2.04. The quantitative estimate of drug-likeness (QED) is 0.792. The zero-order chi connectivity index (χ0) is 17.5. The van der Waals surface area contributed by atoms with Gasteiger partial charge in [0, 0.05) is 11.1 Å². The van der Waals surface area contributed by atoms with E-state index in [9.17, 15) is 9.65 Å². The predicted molar refractivity (Wildman–Crippen MR) is 92.3 cm³/mol. The van der Waals surface area contributed by atoms with E-state index in [1.165, 1.54) is 6.07 Å². The van der Waals surface area contributed by atoms with Gasteiger partial charge in [0.25, 0.3) is 0 Å². The zero-order valence-corrected chi connectivity index (χ0v) is 14.3. The number of halogens is 1. The number of rotatable bonds is 2. The van der Waals surface area contributed by atoms with Crippen LogP contribution in [0.2, 0.25) is 0 Å². The van der Waals surface area contributed by atoms with Gasteiger partial charge in [-0.1, -0.05) is 30.3 Å². The van der Waals surface area contributed by atoms with E-state index in [0.717, 1.165) is 5.46 Å². The van der Waals surface area contributed by atoms with Crippen molar-refractivity contribution in [3.63, 3.8) is 0 Å². The maximum atomic E-state index is 14.4. The third-order valence-corrected chi connectivity index (χ3v) is 4.85. The highest BCUT2D eigenvalue weighted by Gasteiger charge is 2.51. The standard InChI is InChI=1S/C19H19BFNO2/c1-18(2)19(3,4)24-20(23-18)14-9-10-17(21)16(11-14)15-8-6-5-7-13(15)12-22/h5-11H,1-4H3. The average molecular weight is 323 g/mol. The van der Waals surface area contributed by atoms with Gasteiger partial charge in [0.2, 0.25) is 0 Å². The van der Waals surface area contributed by atoms with E-state index >= 15 is 0 Å². The van der Waals surface area contributed by atoms with Crippen LogP contribution in [0.5, 0.6) is 0 Å². The molecule has 0 aromatic heterocycles. The Hall–Kier alpha value is -2.16. The van der Waals surface area contributed by atoms with Crippen LogP contribution in [-0.4, -0.2) is 18.3 Å². The highest BCUT2D eigenvalue weighted by molar-refractivity contribution is 6.62. The maximum Gasteiger partial charge on any atom is 0.494 e. The van der Waals surface area contributed by atoms with Crippen LogP contribution in [0.4, 0.5) is 4.39 Å². The number of nitriles is 1. The average Bonchev–Trinajstić information content (AvgIpc) is 2.76. The van der Waals surface area contributed by atoms with E-state index in [1.807, 2.05) is 27.7 Å². The molecule has 24 heavy (non-hydrogen) atoms. The van der Waals surface area contributed by atoms with Gasteiger partial charge in [-0.15, -0.1) is 0 Å². The second kappa shape index (κ2) is 5.73. The Bertz CT molecular complexity index is 810. The molecule has 2 aromatic rings. The molecule has 3 nitrogen and oxygen atoms in total. The number of hydrogen-bond acceptors (Lipinski definition) is 3. The molecule has 0 aliphatic carbocycles. The summed E-state index contributed by atoms with van der Waals surface area (Å²) in [5.41, 5.74) is 1.18. The van der Waals surface area contributed by atoms with E-state index < -0.39 is 18.3 Å². The lowest BCUT2D eigenvalue weighted by Gasteiger charge is -2.32. The molecule has 0 unspecified atom stereocenters. The van der Waals surface area contributed by atoms with Gasteiger partial charge in [0.15, 0.2) is 0 Å². The summed E-state index contributed by atoms with van der Waals surface area (Å²) in [4.78, 5) is 0. The van der Waals surface area contributed by atoms with E-state index in [1.54, 1.807) is 36.4 Å². The molecule has 3 rings (SSSR count). The molecule has 122 valence electrons. The molecule has 5 heteroatoms. The first-order valence-electron chi connectivity index (χ1n) is 7.90. The van der Waals surface area contributed by atoms with Crippen molar-refractivity contribution in [1.82, 2.24) is 0 Å². The van der Waals surface area contributed by atoms with Crippen LogP contribution < -0.4 is 5.46 Å². The Morgan fingerprint density at radius 2 is 1.58 bits per heavy atom. The second-order valence-corrected chi connectivity index (χ2v) is 6.98. The van der Waals surface area contributed by atoms with E-state index in [-0.39, 0.29) is 5.82 Å². The van der Waals surface area contributed by atoms with Crippen molar-refractivity contribution in [1.29, 1.82) is 5.26 Å². The normalized spacial score (nSPS) is 18.4. The fourth-order valence-electron chi connectivity index (χ4n) is 2.69. The van der Waals surface area contributed by atoms with Crippen LogP contribution in [0.3, 0.4) is 0 Å². The number of hydrogen-bond donors (Lipinski definition) is 0. The molecular weight excluding hydrogens is 304 g/mol. The summed E-state index contributed by atoms with van der Waals surface area (Å²) in [6.45, 7) is 7.90. The Morgan fingerprint density at radius 1 is 0.958 bits per heavy atom. The molecule has 0 N–H and O–H groups in total. The highest BCUT2D eigenvalue weighted by Crippen LogP contribution is 2.37. The molecule has 1 aliphatic heterocycles. The molecule has 0 saturated carbocycles. The smallest absolute Gasteiger partial charge is 0.399 e. The third kappa shape index (κ3) is 2.73. The minimum absolute atomic E-state index is 0.374. The lowest BCUT2D eigenvalue weighted by molar-refractivity contribution is 0.00578. The van der Waals surface area contributed by atoms with Crippen molar-refractivity contribution in [2.24, 2.45) is 0 Å². The lowest BCUT2D eigenvalue weighted by atomic mass is 9.77.